The van der Waals surface area contributed by atoms with Crippen LogP contribution in [0.1, 0.15) is 0 Å². The maximum absolute atomic E-state index is 11.9. The number of benzene rings is 1. The van der Waals surface area contributed by atoms with Crippen molar-refractivity contribution in [3.05, 3.63) is 54.7 Å². The largest absolute Gasteiger partial charge is 0.397 e. The van der Waals surface area contributed by atoms with Crippen LogP contribution in [0.5, 0.6) is 0 Å². The van der Waals surface area contributed by atoms with Crippen LogP contribution < -0.4 is 22.3 Å². The van der Waals surface area contributed by atoms with Gasteiger partial charge in [-0.2, -0.15) is 0 Å². The summed E-state index contributed by atoms with van der Waals surface area (Å²) in [5.41, 5.74) is 5.18. The predicted molar refractivity (Wildman–Crippen MR) is 83.5 cm³/mol. The van der Waals surface area contributed by atoms with Gasteiger partial charge in [-0.05, 0) is 34.1 Å². The van der Waals surface area contributed by atoms with Gasteiger partial charge in [0.25, 0.3) is 5.56 Å². The summed E-state index contributed by atoms with van der Waals surface area (Å²) in [5.74, 6) is -0.468. The average molecular weight is 374 g/mol. The molecular weight excluding hydrogens is 364 g/mol. The Morgan fingerprint density at radius 1 is 1.43 bits per heavy atom. The van der Waals surface area contributed by atoms with Gasteiger partial charge >= 0.3 is 5.69 Å². The van der Waals surface area contributed by atoms with E-state index in [0.717, 1.165) is 4.57 Å². The minimum atomic E-state index is -0.678. The highest BCUT2D eigenvalue weighted by molar-refractivity contribution is 9.10. The fraction of sp³-hybridized carbons (Fsp3) is 0.0833. The first-order valence-corrected chi connectivity index (χ1v) is 6.88. The third kappa shape index (κ3) is 3.73. The van der Waals surface area contributed by atoms with E-state index in [0.29, 0.717) is 16.4 Å². The maximum Gasteiger partial charge on any atom is 0.328 e. The van der Waals surface area contributed by atoms with Gasteiger partial charge in [0.15, 0.2) is 0 Å². The number of nitrogen functional groups attached to an aromatic ring is 1. The van der Waals surface area contributed by atoms with E-state index >= 15 is 0 Å². The summed E-state index contributed by atoms with van der Waals surface area (Å²) < 4.78 is 1.22. The highest BCUT2D eigenvalue weighted by Crippen LogP contribution is 2.22. The molecule has 1 aromatic heterocycles. The molecule has 0 aliphatic rings. The van der Waals surface area contributed by atoms with Crippen LogP contribution >= 0.6 is 27.5 Å². The van der Waals surface area contributed by atoms with Crippen LogP contribution in [0.25, 0.3) is 0 Å². The van der Waals surface area contributed by atoms with Crippen molar-refractivity contribution >= 4 is 44.8 Å². The number of nitrogens with two attached hydrogens (primary N) is 1. The number of nitrogens with zero attached hydrogens (tertiary/aromatic N) is 1. The van der Waals surface area contributed by atoms with Gasteiger partial charge in [-0.15, -0.1) is 0 Å². The number of anilines is 2. The minimum Gasteiger partial charge on any atom is -0.397 e. The molecule has 1 amide bonds. The molecule has 0 unspecified atom stereocenters. The number of amides is 1. The van der Waals surface area contributed by atoms with Gasteiger partial charge < -0.3 is 11.1 Å². The number of halogens is 2. The SMILES string of the molecule is Nc1cc(Cl)ccc1NC(=O)Cn1cc(Br)c(=O)[nH]c1=O. The van der Waals surface area contributed by atoms with Crippen LogP contribution in [0.15, 0.2) is 38.5 Å². The Kier molecular flexibility index (Phi) is 4.49. The number of nitrogens with one attached hydrogen (secondary N) is 2. The Hall–Kier alpha value is -2.06. The average Bonchev–Trinajstić information content (AvgIpc) is 2.39. The van der Waals surface area contributed by atoms with Gasteiger partial charge in [0.2, 0.25) is 5.91 Å². The zero-order chi connectivity index (χ0) is 15.6. The summed E-state index contributed by atoms with van der Waals surface area (Å²) >= 11 is 8.75. The lowest BCUT2D eigenvalue weighted by molar-refractivity contribution is -0.116. The highest BCUT2D eigenvalue weighted by atomic mass is 79.9. The van der Waals surface area contributed by atoms with E-state index in [-0.39, 0.29) is 11.0 Å². The lowest BCUT2D eigenvalue weighted by Crippen LogP contribution is -2.33. The Balaban J connectivity index is 2.17. The summed E-state index contributed by atoms with van der Waals surface area (Å²) in [7, 11) is 0. The molecule has 0 spiro atoms. The van der Waals surface area contributed by atoms with Crippen LogP contribution in [-0.4, -0.2) is 15.5 Å². The number of H-pyrrole nitrogens is 1. The van der Waals surface area contributed by atoms with Crippen molar-refractivity contribution in [3.63, 3.8) is 0 Å². The monoisotopic (exact) mass is 372 g/mol. The smallest absolute Gasteiger partial charge is 0.328 e. The molecule has 0 radical (unpaired) electrons. The summed E-state index contributed by atoms with van der Waals surface area (Å²) in [5, 5.41) is 3.01. The van der Waals surface area contributed by atoms with Crippen LogP contribution in [0, 0.1) is 0 Å². The van der Waals surface area contributed by atoms with Gasteiger partial charge in [-0.3, -0.25) is 19.1 Å². The van der Waals surface area contributed by atoms with Crippen molar-refractivity contribution in [2.75, 3.05) is 11.1 Å². The molecule has 0 aliphatic carbocycles. The first kappa shape index (κ1) is 15.3. The maximum atomic E-state index is 11.9. The molecular formula is C12H10BrClN4O3. The quantitative estimate of drug-likeness (QED) is 0.702. The Morgan fingerprint density at radius 3 is 2.81 bits per heavy atom. The second kappa shape index (κ2) is 6.15. The van der Waals surface area contributed by atoms with E-state index in [1.807, 2.05) is 0 Å². The molecule has 110 valence electrons. The van der Waals surface area contributed by atoms with Crippen LogP contribution in [0.4, 0.5) is 11.4 Å². The molecule has 2 rings (SSSR count). The normalized spacial score (nSPS) is 10.4. The lowest BCUT2D eigenvalue weighted by atomic mass is 10.2. The molecule has 0 fully saturated rings. The fourth-order valence-electron chi connectivity index (χ4n) is 1.59. The third-order valence-corrected chi connectivity index (χ3v) is 3.37. The summed E-state index contributed by atoms with van der Waals surface area (Å²) in [6.07, 6.45) is 1.24. The second-order valence-corrected chi connectivity index (χ2v) is 5.43. The van der Waals surface area contributed by atoms with Gasteiger partial charge in [0.05, 0.1) is 15.8 Å². The first-order chi connectivity index (χ1) is 9.86. The van der Waals surface area contributed by atoms with Gasteiger partial charge in [-0.1, -0.05) is 11.6 Å². The van der Waals surface area contributed by atoms with E-state index in [1.165, 1.54) is 12.3 Å². The van der Waals surface area contributed by atoms with Crippen molar-refractivity contribution in [2.45, 2.75) is 6.54 Å². The first-order valence-electron chi connectivity index (χ1n) is 5.71. The van der Waals surface area contributed by atoms with Gasteiger partial charge in [0, 0.05) is 11.2 Å². The molecule has 4 N–H and O–H groups in total. The van der Waals surface area contributed by atoms with Gasteiger partial charge in [0.1, 0.15) is 6.54 Å². The van der Waals surface area contributed by atoms with Crippen LogP contribution in [0.3, 0.4) is 0 Å². The number of carbonyl (C=O) groups excluding carboxylic acids is 1. The number of hydrogen-bond donors (Lipinski definition) is 3. The van der Waals surface area contributed by atoms with Crippen molar-refractivity contribution in [1.29, 1.82) is 0 Å². The zero-order valence-electron chi connectivity index (χ0n) is 10.5. The van der Waals surface area contributed by atoms with E-state index in [2.05, 4.69) is 26.2 Å². The van der Waals surface area contributed by atoms with Gasteiger partial charge in [-0.25, -0.2) is 4.79 Å². The molecule has 21 heavy (non-hydrogen) atoms. The van der Waals surface area contributed by atoms with E-state index in [4.69, 9.17) is 17.3 Å². The lowest BCUT2D eigenvalue weighted by Gasteiger charge is -2.09. The fourth-order valence-corrected chi connectivity index (χ4v) is 2.12. The molecule has 0 saturated carbocycles. The van der Waals surface area contributed by atoms with Crippen molar-refractivity contribution in [1.82, 2.24) is 9.55 Å². The standard InChI is InChI=1S/C12H10BrClN4O3/c13-7-4-18(12(21)17-11(7)20)5-10(19)16-9-2-1-6(14)3-8(9)15/h1-4H,5,15H2,(H,16,19)(H,17,20,21). The van der Waals surface area contributed by atoms with Crippen LogP contribution in [-0.2, 0) is 11.3 Å². The van der Waals surface area contributed by atoms with E-state index in [1.54, 1.807) is 12.1 Å². The number of hydrogen-bond acceptors (Lipinski definition) is 4. The molecule has 0 atom stereocenters. The second-order valence-electron chi connectivity index (χ2n) is 4.14. The summed E-state index contributed by atoms with van der Waals surface area (Å²) in [6.45, 7) is -0.268. The van der Waals surface area contributed by atoms with Crippen LogP contribution in [0.2, 0.25) is 5.02 Å². The summed E-state index contributed by atoms with van der Waals surface area (Å²) in [4.78, 5) is 36.7. The Morgan fingerprint density at radius 2 is 2.14 bits per heavy atom. The highest BCUT2D eigenvalue weighted by Gasteiger charge is 2.09. The third-order valence-electron chi connectivity index (χ3n) is 2.57. The predicted octanol–water partition coefficient (Wildman–Crippen LogP) is 1.17. The molecule has 0 saturated heterocycles. The minimum absolute atomic E-state index is 0.154. The van der Waals surface area contributed by atoms with Crippen molar-refractivity contribution in [2.24, 2.45) is 0 Å². The van der Waals surface area contributed by atoms with Crippen molar-refractivity contribution < 1.29 is 4.79 Å². The molecule has 1 aromatic carbocycles. The number of rotatable bonds is 3. The molecule has 7 nitrogen and oxygen atoms in total. The molecule has 1 heterocycles. The molecule has 2 aromatic rings. The summed E-state index contributed by atoms with van der Waals surface area (Å²) in [6, 6.07) is 4.64. The molecule has 0 aliphatic heterocycles. The zero-order valence-corrected chi connectivity index (χ0v) is 12.9. The van der Waals surface area contributed by atoms with Crippen molar-refractivity contribution in [3.8, 4) is 0 Å². The molecule has 9 heteroatoms. The topological polar surface area (TPSA) is 110 Å². The Bertz CT molecular complexity index is 815. The molecule has 0 bridgehead atoms. The number of aromatic nitrogens is 2. The Labute approximate surface area is 131 Å². The van der Waals surface area contributed by atoms with E-state index in [9.17, 15) is 14.4 Å². The number of aromatic amines is 1. The number of carbonyl (C=O) groups is 1. The van der Waals surface area contributed by atoms with E-state index < -0.39 is 17.2 Å².